The number of morpholine rings is 1. The van der Waals surface area contributed by atoms with E-state index >= 15 is 0 Å². The zero-order chi connectivity index (χ0) is 20.5. The fraction of sp³-hybridized carbons (Fsp3) is 0.500. The van der Waals surface area contributed by atoms with Gasteiger partial charge in [-0.05, 0) is 38.1 Å². The molecule has 1 aromatic heterocycles. The zero-order valence-corrected chi connectivity index (χ0v) is 15.7. The molecule has 152 valence electrons. The number of aromatic nitrogens is 2. The molecule has 1 aromatic carbocycles. The van der Waals surface area contributed by atoms with E-state index in [2.05, 4.69) is 15.5 Å². The predicted molar refractivity (Wildman–Crippen MR) is 94.7 cm³/mol. The maximum Gasteiger partial charge on any atom is 0.416 e. The second-order valence-electron chi connectivity index (χ2n) is 7.15. The van der Waals surface area contributed by atoms with Gasteiger partial charge in [0.2, 0.25) is 11.8 Å². The Labute approximate surface area is 159 Å². The fourth-order valence-corrected chi connectivity index (χ4v) is 2.92. The summed E-state index contributed by atoms with van der Waals surface area (Å²) < 4.78 is 49.8. The van der Waals surface area contributed by atoms with Crippen LogP contribution in [0.3, 0.4) is 0 Å². The van der Waals surface area contributed by atoms with E-state index in [9.17, 15) is 18.0 Å². The van der Waals surface area contributed by atoms with Crippen molar-refractivity contribution < 1.29 is 27.1 Å². The van der Waals surface area contributed by atoms with Crippen LogP contribution in [-0.2, 0) is 11.2 Å². The molecule has 10 heteroatoms. The number of halogens is 3. The van der Waals surface area contributed by atoms with Crippen molar-refractivity contribution in [2.75, 3.05) is 18.4 Å². The summed E-state index contributed by atoms with van der Waals surface area (Å²) in [5, 5.41) is 10.4. The molecule has 1 aliphatic heterocycles. The van der Waals surface area contributed by atoms with Crippen LogP contribution >= 0.6 is 0 Å². The SMILES string of the molecule is CCc1nnc(-c2ccc(NC(=O)N3CC(C(F)(F)F)OC(C)(C)C3)cc2)o1. The minimum atomic E-state index is -4.54. The second-order valence-corrected chi connectivity index (χ2v) is 7.15. The van der Waals surface area contributed by atoms with Gasteiger partial charge in [-0.1, -0.05) is 6.92 Å². The summed E-state index contributed by atoms with van der Waals surface area (Å²) in [7, 11) is 0. The van der Waals surface area contributed by atoms with Crippen molar-refractivity contribution in [3.63, 3.8) is 0 Å². The molecule has 2 aromatic rings. The summed E-state index contributed by atoms with van der Waals surface area (Å²) in [4.78, 5) is 13.6. The molecule has 28 heavy (non-hydrogen) atoms. The van der Waals surface area contributed by atoms with Gasteiger partial charge in [0.1, 0.15) is 0 Å². The van der Waals surface area contributed by atoms with Gasteiger partial charge in [0.15, 0.2) is 6.10 Å². The van der Waals surface area contributed by atoms with Crippen LogP contribution in [0.25, 0.3) is 11.5 Å². The quantitative estimate of drug-likeness (QED) is 0.849. The Morgan fingerprint density at radius 2 is 1.96 bits per heavy atom. The summed E-state index contributed by atoms with van der Waals surface area (Å²) >= 11 is 0. The van der Waals surface area contributed by atoms with E-state index in [-0.39, 0.29) is 6.54 Å². The number of nitrogens with one attached hydrogen (secondary N) is 1. The van der Waals surface area contributed by atoms with Crippen molar-refractivity contribution >= 4 is 11.7 Å². The predicted octanol–water partition coefficient (Wildman–Crippen LogP) is 3.87. The molecule has 1 saturated heterocycles. The van der Waals surface area contributed by atoms with Crippen molar-refractivity contribution in [3.8, 4) is 11.5 Å². The van der Waals surface area contributed by atoms with Crippen LogP contribution in [0.5, 0.6) is 0 Å². The maximum atomic E-state index is 13.1. The minimum Gasteiger partial charge on any atom is -0.421 e. The highest BCUT2D eigenvalue weighted by Crippen LogP contribution is 2.32. The molecule has 1 atom stereocenters. The number of urea groups is 1. The normalized spacial score (nSPS) is 19.5. The fourth-order valence-electron chi connectivity index (χ4n) is 2.92. The average Bonchev–Trinajstić information content (AvgIpc) is 3.09. The van der Waals surface area contributed by atoms with E-state index in [1.54, 1.807) is 24.3 Å². The van der Waals surface area contributed by atoms with Gasteiger partial charge >= 0.3 is 12.2 Å². The summed E-state index contributed by atoms with van der Waals surface area (Å²) in [6.45, 7) is 4.43. The number of aryl methyl sites for hydroxylation is 1. The van der Waals surface area contributed by atoms with E-state index in [1.807, 2.05) is 6.92 Å². The van der Waals surface area contributed by atoms with Crippen LogP contribution in [0.1, 0.15) is 26.7 Å². The van der Waals surface area contributed by atoms with Gasteiger partial charge in [-0.25, -0.2) is 4.79 Å². The molecule has 2 amide bonds. The van der Waals surface area contributed by atoms with E-state index in [4.69, 9.17) is 9.15 Å². The first-order valence-electron chi connectivity index (χ1n) is 8.80. The van der Waals surface area contributed by atoms with Gasteiger partial charge in [-0.3, -0.25) is 0 Å². The third kappa shape index (κ3) is 4.61. The molecule has 0 saturated carbocycles. The summed E-state index contributed by atoms with van der Waals surface area (Å²) in [5.41, 5.74) is 0.0147. The van der Waals surface area contributed by atoms with Gasteiger partial charge in [-0.15, -0.1) is 10.2 Å². The van der Waals surface area contributed by atoms with Gasteiger partial charge in [0.25, 0.3) is 0 Å². The van der Waals surface area contributed by atoms with Gasteiger partial charge in [0.05, 0.1) is 18.7 Å². The standard InChI is InChI=1S/C18H21F3N4O3/c1-4-14-23-24-15(27-14)11-5-7-12(8-6-11)22-16(26)25-9-13(18(19,20)21)28-17(2,3)10-25/h5-8,13H,4,9-10H2,1-3H3,(H,22,26). The molecule has 1 N–H and O–H groups in total. The van der Waals surface area contributed by atoms with Crippen molar-refractivity contribution in [1.82, 2.24) is 15.1 Å². The van der Waals surface area contributed by atoms with Crippen molar-refractivity contribution in [3.05, 3.63) is 30.2 Å². The van der Waals surface area contributed by atoms with Crippen molar-refractivity contribution in [1.29, 1.82) is 0 Å². The number of benzene rings is 1. The lowest BCUT2D eigenvalue weighted by molar-refractivity contribution is -0.267. The molecule has 0 bridgehead atoms. The number of nitrogens with zero attached hydrogens (tertiary/aromatic N) is 3. The highest BCUT2D eigenvalue weighted by molar-refractivity contribution is 5.89. The Morgan fingerprint density at radius 1 is 1.29 bits per heavy atom. The molecule has 2 heterocycles. The Bertz CT molecular complexity index is 833. The number of hydrogen-bond acceptors (Lipinski definition) is 5. The molecule has 0 spiro atoms. The molecule has 1 fully saturated rings. The first-order chi connectivity index (χ1) is 13.1. The number of ether oxygens (including phenoxy) is 1. The monoisotopic (exact) mass is 398 g/mol. The molecule has 0 radical (unpaired) electrons. The van der Waals surface area contributed by atoms with E-state index in [1.165, 1.54) is 13.8 Å². The van der Waals surface area contributed by atoms with Gasteiger partial charge < -0.3 is 19.4 Å². The molecule has 0 aliphatic carbocycles. The highest BCUT2D eigenvalue weighted by atomic mass is 19.4. The van der Waals surface area contributed by atoms with Crippen LogP contribution in [0.4, 0.5) is 23.7 Å². The highest BCUT2D eigenvalue weighted by Gasteiger charge is 2.49. The van der Waals surface area contributed by atoms with Crippen LogP contribution in [0.2, 0.25) is 0 Å². The van der Waals surface area contributed by atoms with E-state index in [0.29, 0.717) is 29.5 Å². The van der Waals surface area contributed by atoms with Crippen molar-refractivity contribution in [2.24, 2.45) is 0 Å². The lowest BCUT2D eigenvalue weighted by Crippen LogP contribution is -2.59. The van der Waals surface area contributed by atoms with Crippen molar-refractivity contribution in [2.45, 2.75) is 45.1 Å². The Kier molecular flexibility index (Phi) is 5.33. The number of hydrogen-bond donors (Lipinski definition) is 1. The number of carbonyl (C=O) groups is 1. The minimum absolute atomic E-state index is 0.0469. The van der Waals surface area contributed by atoms with Crippen LogP contribution < -0.4 is 5.32 Å². The largest absolute Gasteiger partial charge is 0.421 e. The Balaban J connectivity index is 1.68. The maximum absolute atomic E-state index is 13.1. The number of alkyl halides is 3. The lowest BCUT2D eigenvalue weighted by Gasteiger charge is -2.43. The first kappa shape index (κ1) is 20.1. The smallest absolute Gasteiger partial charge is 0.416 e. The molecule has 3 rings (SSSR count). The van der Waals surface area contributed by atoms with E-state index in [0.717, 1.165) is 4.90 Å². The molecule has 1 unspecified atom stereocenters. The first-order valence-corrected chi connectivity index (χ1v) is 8.80. The summed E-state index contributed by atoms with van der Waals surface area (Å²) in [6, 6.07) is 5.99. The lowest BCUT2D eigenvalue weighted by atomic mass is 10.1. The molecular formula is C18H21F3N4O3. The number of carbonyl (C=O) groups excluding carboxylic acids is 1. The summed E-state index contributed by atoms with van der Waals surface area (Å²) in [5.74, 6) is 0.874. The van der Waals surface area contributed by atoms with Crippen LogP contribution in [-0.4, -0.2) is 52.1 Å². The second kappa shape index (κ2) is 7.42. The topological polar surface area (TPSA) is 80.5 Å². The summed E-state index contributed by atoms with van der Waals surface area (Å²) in [6.07, 6.45) is -5.94. The van der Waals surface area contributed by atoms with E-state index < -0.39 is 30.5 Å². The van der Waals surface area contributed by atoms with Crippen LogP contribution in [0.15, 0.2) is 28.7 Å². The third-order valence-corrected chi connectivity index (χ3v) is 4.22. The molecular weight excluding hydrogens is 377 g/mol. The molecule has 7 nitrogen and oxygen atoms in total. The Morgan fingerprint density at radius 3 is 2.54 bits per heavy atom. The number of anilines is 1. The molecule has 1 aliphatic rings. The average molecular weight is 398 g/mol. The Hall–Kier alpha value is -2.62. The van der Waals surface area contributed by atoms with Crippen LogP contribution in [0, 0.1) is 0 Å². The van der Waals surface area contributed by atoms with Gasteiger partial charge in [-0.2, -0.15) is 13.2 Å². The zero-order valence-electron chi connectivity index (χ0n) is 15.7. The van der Waals surface area contributed by atoms with Gasteiger partial charge in [0, 0.05) is 17.7 Å². The number of amides is 2. The third-order valence-electron chi connectivity index (χ3n) is 4.22. The number of rotatable bonds is 3.